The third kappa shape index (κ3) is 14.0. The molecule has 0 radical (unpaired) electrons. The van der Waals surface area contributed by atoms with Crippen LogP contribution in [0.5, 0.6) is 0 Å². The van der Waals surface area contributed by atoms with Gasteiger partial charge in [-0.2, -0.15) is 0 Å². The number of carboxylic acid groups (broad SMARTS) is 2. The molecule has 282 valence electrons. The van der Waals surface area contributed by atoms with Crippen molar-refractivity contribution in [1.82, 2.24) is 21.3 Å². The first-order valence-corrected chi connectivity index (χ1v) is 16.1. The van der Waals surface area contributed by atoms with Crippen LogP contribution in [0.2, 0.25) is 0 Å². The van der Waals surface area contributed by atoms with Gasteiger partial charge in [0.2, 0.25) is 23.6 Å². The zero-order chi connectivity index (χ0) is 39.0. The Labute approximate surface area is 297 Å². The normalized spacial score (nSPS) is 14.2. The number of benzene rings is 2. The Morgan fingerprint density at radius 1 is 0.769 bits per heavy atom. The second-order valence-corrected chi connectivity index (χ2v) is 11.7. The van der Waals surface area contributed by atoms with Crippen LogP contribution in [-0.2, 0) is 40.1 Å². The van der Waals surface area contributed by atoms with Crippen LogP contribution < -0.4 is 26.6 Å². The molecule has 2 aromatic rings. The standard InChI is InChI=1S/C33H42N6O13/c1-4-18(2)27(38-33(49)52-17-20-8-6-5-7-9-20)31(47)35-23(14-15-25(41)42)29(45)37-28(19(3)40)32(48)36-24(16-26(43)44)30(46)34-21-10-12-22(13-11-21)39(50)51/h5-13,18-19,23-24,27-28,40H,4,14-17H2,1-3H3,(H,34,46)(H,35,47)(H,36,48)(H,37,45)(H,38,49)(H,41,42)(H,43,44)/t18-,19+,23-,24-,27-,28-/m0/s1. The van der Waals surface area contributed by atoms with Crippen molar-refractivity contribution < 1.29 is 58.5 Å². The molecule has 2 aromatic carbocycles. The van der Waals surface area contributed by atoms with Crippen LogP contribution in [-0.4, -0.2) is 92.2 Å². The lowest BCUT2D eigenvalue weighted by Crippen LogP contribution is -2.61. The summed E-state index contributed by atoms with van der Waals surface area (Å²) in [5, 5.41) is 51.4. The molecule has 19 nitrogen and oxygen atoms in total. The van der Waals surface area contributed by atoms with Gasteiger partial charge in [-0.1, -0.05) is 50.6 Å². The van der Waals surface area contributed by atoms with E-state index in [1.54, 1.807) is 44.2 Å². The molecule has 52 heavy (non-hydrogen) atoms. The fourth-order valence-corrected chi connectivity index (χ4v) is 4.59. The number of hydrogen-bond acceptors (Lipinski definition) is 11. The molecule has 0 bridgehead atoms. The molecule has 5 amide bonds. The van der Waals surface area contributed by atoms with Gasteiger partial charge in [0.1, 0.15) is 30.8 Å². The van der Waals surface area contributed by atoms with Gasteiger partial charge < -0.3 is 46.6 Å². The number of non-ortho nitro benzene ring substituents is 1. The number of carboxylic acids is 2. The van der Waals surface area contributed by atoms with Gasteiger partial charge >= 0.3 is 18.0 Å². The Kier molecular flexibility index (Phi) is 16.6. The number of amides is 5. The Balaban J connectivity index is 2.21. The lowest BCUT2D eigenvalue weighted by molar-refractivity contribution is -0.384. The molecule has 19 heteroatoms. The molecule has 0 aliphatic heterocycles. The topological polar surface area (TPSA) is 293 Å². The van der Waals surface area contributed by atoms with Gasteiger partial charge in [0.05, 0.1) is 17.4 Å². The first-order valence-electron chi connectivity index (χ1n) is 16.1. The highest BCUT2D eigenvalue weighted by Crippen LogP contribution is 2.16. The van der Waals surface area contributed by atoms with Crippen molar-refractivity contribution in [2.24, 2.45) is 5.92 Å². The summed E-state index contributed by atoms with van der Waals surface area (Å²) in [6, 6.07) is 6.79. The van der Waals surface area contributed by atoms with Gasteiger partial charge in [0, 0.05) is 24.2 Å². The minimum Gasteiger partial charge on any atom is -0.481 e. The fraction of sp³-hybridized carbons (Fsp3) is 0.424. The number of rotatable bonds is 20. The van der Waals surface area contributed by atoms with Gasteiger partial charge in [-0.3, -0.25) is 38.9 Å². The Bertz CT molecular complexity index is 1590. The molecule has 0 heterocycles. The number of nitrogens with one attached hydrogen (secondary N) is 5. The van der Waals surface area contributed by atoms with E-state index in [0.717, 1.165) is 19.1 Å². The summed E-state index contributed by atoms with van der Waals surface area (Å²) in [4.78, 5) is 98.7. The second-order valence-electron chi connectivity index (χ2n) is 11.7. The van der Waals surface area contributed by atoms with E-state index >= 15 is 0 Å². The minimum atomic E-state index is -1.84. The number of carbonyl (C=O) groups is 7. The summed E-state index contributed by atoms with van der Waals surface area (Å²) in [5.41, 5.74) is 0.436. The zero-order valence-electron chi connectivity index (χ0n) is 28.6. The molecule has 2 rings (SSSR count). The van der Waals surface area contributed by atoms with Crippen LogP contribution >= 0.6 is 0 Å². The van der Waals surface area contributed by atoms with Crippen LogP contribution in [0.1, 0.15) is 52.0 Å². The van der Waals surface area contributed by atoms with E-state index in [9.17, 15) is 59.0 Å². The molecule has 0 aromatic heterocycles. The van der Waals surface area contributed by atoms with Crippen molar-refractivity contribution >= 4 is 53.0 Å². The number of aliphatic hydroxyl groups excluding tert-OH is 1. The molecular weight excluding hydrogens is 688 g/mol. The maximum atomic E-state index is 13.4. The van der Waals surface area contributed by atoms with Crippen LogP contribution in [0.25, 0.3) is 0 Å². The molecule has 0 spiro atoms. The fourth-order valence-electron chi connectivity index (χ4n) is 4.59. The van der Waals surface area contributed by atoms with Gasteiger partial charge in [-0.05, 0) is 37.0 Å². The molecule has 0 fully saturated rings. The average molecular weight is 731 g/mol. The maximum absolute atomic E-state index is 13.4. The highest BCUT2D eigenvalue weighted by molar-refractivity contribution is 6.00. The van der Waals surface area contributed by atoms with Crippen LogP contribution in [0, 0.1) is 16.0 Å². The van der Waals surface area contributed by atoms with Crippen LogP contribution in [0.15, 0.2) is 54.6 Å². The van der Waals surface area contributed by atoms with Crippen molar-refractivity contribution in [3.05, 3.63) is 70.3 Å². The Hall–Kier alpha value is -6.11. The summed E-state index contributed by atoms with van der Waals surface area (Å²) in [5.74, 6) is -7.57. The number of aliphatic carboxylic acids is 2. The predicted octanol–water partition coefficient (Wildman–Crippen LogP) is 1.05. The number of ether oxygens (including phenoxy) is 1. The molecular formula is C33H42N6O13. The molecule has 0 aliphatic rings. The number of anilines is 1. The Morgan fingerprint density at radius 2 is 1.37 bits per heavy atom. The number of carbonyl (C=O) groups excluding carboxylic acids is 5. The lowest BCUT2D eigenvalue weighted by Gasteiger charge is -2.28. The highest BCUT2D eigenvalue weighted by Gasteiger charge is 2.35. The largest absolute Gasteiger partial charge is 0.481 e. The smallest absolute Gasteiger partial charge is 0.408 e. The number of aliphatic hydroxyl groups is 1. The van der Waals surface area contributed by atoms with E-state index in [2.05, 4.69) is 26.6 Å². The Morgan fingerprint density at radius 3 is 1.90 bits per heavy atom. The first-order chi connectivity index (χ1) is 24.5. The number of nitrogens with zero attached hydrogens (tertiary/aromatic N) is 1. The maximum Gasteiger partial charge on any atom is 0.408 e. The quantitative estimate of drug-likeness (QED) is 0.0699. The number of alkyl carbamates (subject to hydrolysis) is 1. The van der Waals surface area contributed by atoms with E-state index in [1.807, 2.05) is 0 Å². The zero-order valence-corrected chi connectivity index (χ0v) is 28.6. The van der Waals surface area contributed by atoms with Crippen LogP contribution in [0.4, 0.5) is 16.2 Å². The van der Waals surface area contributed by atoms with Gasteiger partial charge in [-0.15, -0.1) is 0 Å². The third-order valence-corrected chi connectivity index (χ3v) is 7.68. The van der Waals surface area contributed by atoms with E-state index in [0.29, 0.717) is 12.0 Å². The molecule has 6 atom stereocenters. The monoisotopic (exact) mass is 730 g/mol. The molecule has 0 saturated carbocycles. The first kappa shape index (κ1) is 42.1. The van der Waals surface area contributed by atoms with E-state index in [4.69, 9.17) is 4.74 Å². The highest BCUT2D eigenvalue weighted by atomic mass is 16.6. The number of nitro groups is 1. The van der Waals surface area contributed by atoms with Gasteiger partial charge in [0.15, 0.2) is 0 Å². The van der Waals surface area contributed by atoms with Crippen molar-refractivity contribution in [3.63, 3.8) is 0 Å². The van der Waals surface area contributed by atoms with Crippen molar-refractivity contribution in [2.45, 2.75) is 83.3 Å². The summed E-state index contributed by atoms with van der Waals surface area (Å²) in [6.07, 6.45) is -4.24. The number of hydrogen-bond donors (Lipinski definition) is 8. The van der Waals surface area contributed by atoms with Gasteiger partial charge in [0.25, 0.3) is 5.69 Å². The van der Waals surface area contributed by atoms with Crippen molar-refractivity contribution in [1.29, 1.82) is 0 Å². The lowest BCUT2D eigenvalue weighted by atomic mass is 9.97. The van der Waals surface area contributed by atoms with E-state index in [-0.39, 0.29) is 18.0 Å². The van der Waals surface area contributed by atoms with Crippen LogP contribution in [0.3, 0.4) is 0 Å². The predicted molar refractivity (Wildman–Crippen MR) is 181 cm³/mol. The van der Waals surface area contributed by atoms with Gasteiger partial charge in [-0.25, -0.2) is 4.79 Å². The van der Waals surface area contributed by atoms with Crippen molar-refractivity contribution in [3.8, 4) is 0 Å². The molecule has 8 N–H and O–H groups in total. The number of nitro benzene ring substituents is 1. The third-order valence-electron chi connectivity index (χ3n) is 7.68. The summed E-state index contributed by atoms with van der Waals surface area (Å²) in [7, 11) is 0. The van der Waals surface area contributed by atoms with Crippen molar-refractivity contribution in [2.75, 3.05) is 5.32 Å². The summed E-state index contributed by atoms with van der Waals surface area (Å²) >= 11 is 0. The van der Waals surface area contributed by atoms with E-state index in [1.165, 1.54) is 12.1 Å². The molecule has 0 saturated heterocycles. The average Bonchev–Trinajstić information content (AvgIpc) is 3.09. The second kappa shape index (κ2) is 20.5. The summed E-state index contributed by atoms with van der Waals surface area (Å²) < 4.78 is 5.21. The van der Waals surface area contributed by atoms with E-state index < -0.39 is 102 Å². The minimum absolute atomic E-state index is 0.0345. The summed E-state index contributed by atoms with van der Waals surface area (Å²) in [6.45, 7) is 4.39. The molecule has 0 aliphatic carbocycles. The molecule has 0 unspecified atom stereocenters. The SMILES string of the molecule is CC[C@H](C)[C@H](NC(=O)OCc1ccccc1)C(=O)N[C@@H](CCC(=O)O)C(=O)N[C@H](C(=O)N[C@@H](CC(=O)O)C(=O)Nc1ccc([N+](=O)[O-])cc1)[C@@H](C)O.